The molecule has 0 fully saturated rings. The van der Waals surface area contributed by atoms with Crippen LogP contribution < -0.4 is 22.9 Å². The molecule has 0 spiro atoms. The molecule has 2 aromatic carbocycles. The number of carbonyl (C=O) groups excluding carboxylic acids is 2. The summed E-state index contributed by atoms with van der Waals surface area (Å²) in [5.41, 5.74) is 26.6. The highest BCUT2D eigenvalue weighted by Crippen LogP contribution is 2.43. The fourth-order valence-electron chi connectivity index (χ4n) is 4.26. The number of hydrogen-bond donors (Lipinski definition) is 5. The molecule has 1 aliphatic carbocycles. The number of hydrogen-bond acceptors (Lipinski definition) is 4. The van der Waals surface area contributed by atoms with Crippen LogP contribution in [0.25, 0.3) is 0 Å². The molecule has 7 nitrogen and oxygen atoms in total. The van der Waals surface area contributed by atoms with Crippen molar-refractivity contribution < 1.29 is 9.59 Å². The van der Waals surface area contributed by atoms with Crippen molar-refractivity contribution in [2.75, 3.05) is 0 Å². The quantitative estimate of drug-likeness (QED) is 0.386. The number of primary amides is 2. The van der Waals surface area contributed by atoms with Gasteiger partial charge in [-0.1, -0.05) is 12.1 Å². The summed E-state index contributed by atoms with van der Waals surface area (Å²) in [5, 5.41) is 8.50. The Labute approximate surface area is 163 Å². The normalized spacial score (nSPS) is 15.6. The molecule has 146 valence electrons. The molecule has 0 unspecified atom stereocenters. The number of amides is 2. The lowest BCUT2D eigenvalue weighted by Crippen LogP contribution is -2.46. The van der Waals surface area contributed by atoms with Crippen LogP contribution in [0.1, 0.15) is 56.3 Å². The predicted molar refractivity (Wildman–Crippen MR) is 108 cm³/mol. The number of aryl methyl sites for hydroxylation is 2. The second-order valence-corrected chi connectivity index (χ2v) is 7.47. The molecule has 1 atom stereocenters. The van der Waals surface area contributed by atoms with Crippen LogP contribution >= 0.6 is 0 Å². The van der Waals surface area contributed by atoms with Gasteiger partial charge >= 0.3 is 0 Å². The Morgan fingerprint density at radius 3 is 1.71 bits per heavy atom. The maximum Gasteiger partial charge on any atom is 0.248 e. The first-order chi connectivity index (χ1) is 13.2. The number of rotatable bonds is 5. The van der Waals surface area contributed by atoms with E-state index in [-0.39, 0.29) is 11.9 Å². The second kappa shape index (κ2) is 7.09. The van der Waals surface area contributed by atoms with Gasteiger partial charge in [0.2, 0.25) is 11.8 Å². The lowest BCUT2D eigenvalue weighted by Gasteiger charge is -2.37. The molecule has 2 amide bonds. The number of fused-ring (bicyclic) bond motifs is 2. The molecule has 9 N–H and O–H groups in total. The molecule has 0 radical (unpaired) electrons. The highest BCUT2D eigenvalue weighted by molar-refractivity contribution is 5.97. The van der Waals surface area contributed by atoms with Crippen molar-refractivity contribution >= 4 is 17.6 Å². The molecule has 2 aromatic rings. The lowest BCUT2D eigenvalue weighted by atomic mass is 9.67. The molecule has 0 aromatic heterocycles. The third kappa shape index (κ3) is 3.14. The van der Waals surface area contributed by atoms with E-state index in [0.29, 0.717) is 30.4 Å². The maximum atomic E-state index is 11.7. The van der Waals surface area contributed by atoms with E-state index in [1.165, 1.54) is 0 Å². The van der Waals surface area contributed by atoms with Gasteiger partial charge in [-0.3, -0.25) is 15.0 Å². The smallest absolute Gasteiger partial charge is 0.248 e. The molecule has 28 heavy (non-hydrogen) atoms. The van der Waals surface area contributed by atoms with Crippen LogP contribution in [0.15, 0.2) is 36.4 Å². The van der Waals surface area contributed by atoms with E-state index in [0.717, 1.165) is 22.3 Å². The monoisotopic (exact) mass is 379 g/mol. The summed E-state index contributed by atoms with van der Waals surface area (Å²) in [6.45, 7) is 1.87. The summed E-state index contributed by atoms with van der Waals surface area (Å²) >= 11 is 0. The van der Waals surface area contributed by atoms with Crippen molar-refractivity contribution in [3.05, 3.63) is 69.8 Å². The fraction of sp³-hybridized carbons (Fsp3) is 0.286. The molecule has 0 bridgehead atoms. The minimum atomic E-state index is -0.957. The zero-order chi connectivity index (χ0) is 20.6. The van der Waals surface area contributed by atoms with Crippen molar-refractivity contribution in [2.45, 2.75) is 37.6 Å². The van der Waals surface area contributed by atoms with E-state index >= 15 is 0 Å². The first-order valence-electron chi connectivity index (χ1n) is 9.13. The second-order valence-electron chi connectivity index (χ2n) is 7.47. The standard InChI is InChI=1S/C21H25N5O2/c1-11(22)10-21(20(25)26)16-6-4-14(18(23)27)8-12(16)2-3-13-9-15(19(24)28)5-7-17(13)21/h4-9,11H,2-3,10,22H2,1H3,(H2,23,27)(H2,24,28)(H3,25,26)/t11-/m1/s1. The van der Waals surface area contributed by atoms with Crippen LogP contribution in [-0.2, 0) is 18.3 Å². The van der Waals surface area contributed by atoms with Crippen LogP contribution in [-0.4, -0.2) is 23.7 Å². The van der Waals surface area contributed by atoms with Gasteiger partial charge in [-0.15, -0.1) is 0 Å². The van der Waals surface area contributed by atoms with Crippen molar-refractivity contribution in [3.63, 3.8) is 0 Å². The summed E-state index contributed by atoms with van der Waals surface area (Å²) in [5.74, 6) is -1.06. The third-order valence-electron chi connectivity index (χ3n) is 5.45. The highest BCUT2D eigenvalue weighted by Gasteiger charge is 2.43. The number of nitrogens with one attached hydrogen (secondary N) is 1. The van der Waals surface area contributed by atoms with Gasteiger partial charge in [0.25, 0.3) is 0 Å². The molecule has 0 heterocycles. The van der Waals surface area contributed by atoms with Crippen molar-refractivity contribution in [2.24, 2.45) is 22.9 Å². The molecular weight excluding hydrogens is 354 g/mol. The zero-order valence-electron chi connectivity index (χ0n) is 15.8. The van der Waals surface area contributed by atoms with Crippen molar-refractivity contribution in [1.82, 2.24) is 0 Å². The summed E-state index contributed by atoms with van der Waals surface area (Å²) < 4.78 is 0. The molecular formula is C21H25N5O2. The summed E-state index contributed by atoms with van der Waals surface area (Å²) in [7, 11) is 0. The van der Waals surface area contributed by atoms with Gasteiger partial charge < -0.3 is 22.9 Å². The Bertz CT molecular complexity index is 915. The molecule has 1 aliphatic rings. The molecule has 3 rings (SSSR count). The van der Waals surface area contributed by atoms with Crippen molar-refractivity contribution in [3.8, 4) is 0 Å². The molecule has 0 aliphatic heterocycles. The lowest BCUT2D eigenvalue weighted by molar-refractivity contribution is 0.0991. The average molecular weight is 379 g/mol. The van der Waals surface area contributed by atoms with E-state index in [2.05, 4.69) is 0 Å². The van der Waals surface area contributed by atoms with E-state index in [1.807, 2.05) is 19.1 Å². The van der Waals surface area contributed by atoms with Crippen LogP contribution in [0.5, 0.6) is 0 Å². The van der Waals surface area contributed by atoms with Gasteiger partial charge in [-0.05, 0) is 72.7 Å². The first kappa shape index (κ1) is 19.6. The molecule has 7 heteroatoms. The summed E-state index contributed by atoms with van der Waals surface area (Å²) in [4.78, 5) is 23.3. The van der Waals surface area contributed by atoms with Crippen LogP contribution in [0.3, 0.4) is 0 Å². The van der Waals surface area contributed by atoms with Gasteiger partial charge in [0.15, 0.2) is 0 Å². The average Bonchev–Trinajstić information content (AvgIpc) is 2.76. The van der Waals surface area contributed by atoms with E-state index in [9.17, 15) is 9.59 Å². The Morgan fingerprint density at radius 2 is 1.39 bits per heavy atom. The molecule has 0 saturated heterocycles. The first-order valence-corrected chi connectivity index (χ1v) is 9.13. The van der Waals surface area contributed by atoms with Gasteiger partial charge in [-0.2, -0.15) is 0 Å². The van der Waals surface area contributed by atoms with Gasteiger partial charge in [0, 0.05) is 17.2 Å². The largest absolute Gasteiger partial charge is 0.387 e. The van der Waals surface area contributed by atoms with Crippen LogP contribution in [0.2, 0.25) is 0 Å². The zero-order valence-corrected chi connectivity index (χ0v) is 15.8. The van der Waals surface area contributed by atoms with Crippen LogP contribution in [0.4, 0.5) is 0 Å². The molecule has 0 saturated carbocycles. The Balaban J connectivity index is 2.35. The van der Waals surface area contributed by atoms with Gasteiger partial charge in [0.05, 0.1) is 5.41 Å². The SMILES string of the molecule is C[C@@H](N)CC1(C(=N)N)c2ccc(C(N)=O)cc2CCc2cc(C(N)=O)ccc21. The Kier molecular flexibility index (Phi) is 4.95. The highest BCUT2D eigenvalue weighted by atomic mass is 16.1. The van der Waals surface area contributed by atoms with Crippen LogP contribution in [0, 0.1) is 5.41 Å². The predicted octanol–water partition coefficient (Wildman–Crippen LogP) is 0.942. The maximum absolute atomic E-state index is 11.7. The summed E-state index contributed by atoms with van der Waals surface area (Å²) in [6, 6.07) is 10.2. The Morgan fingerprint density at radius 1 is 0.964 bits per heavy atom. The Hall–Kier alpha value is -3.19. The van der Waals surface area contributed by atoms with E-state index < -0.39 is 17.2 Å². The third-order valence-corrected chi connectivity index (χ3v) is 5.45. The number of nitrogens with two attached hydrogens (primary N) is 4. The van der Waals surface area contributed by atoms with E-state index in [4.69, 9.17) is 28.3 Å². The topological polar surface area (TPSA) is 162 Å². The number of carbonyl (C=O) groups is 2. The minimum Gasteiger partial charge on any atom is -0.387 e. The van der Waals surface area contributed by atoms with Gasteiger partial charge in [-0.25, -0.2) is 0 Å². The number of amidine groups is 1. The number of benzene rings is 2. The minimum absolute atomic E-state index is 0.0344. The van der Waals surface area contributed by atoms with E-state index in [1.54, 1.807) is 24.3 Å². The fourth-order valence-corrected chi connectivity index (χ4v) is 4.26. The van der Waals surface area contributed by atoms with Gasteiger partial charge in [0.1, 0.15) is 5.84 Å². The van der Waals surface area contributed by atoms with Crippen molar-refractivity contribution in [1.29, 1.82) is 5.41 Å². The summed E-state index contributed by atoms with van der Waals surface area (Å²) in [6.07, 6.45) is 1.63.